The van der Waals surface area contributed by atoms with Crippen molar-refractivity contribution in [3.8, 4) is 0 Å². The molecular weight excluding hydrogens is 430 g/mol. The third-order valence-corrected chi connectivity index (χ3v) is 11.2. The van der Waals surface area contributed by atoms with Gasteiger partial charge in [0.1, 0.15) is 0 Å². The fourth-order valence-corrected chi connectivity index (χ4v) is 9.41. The molecule has 3 aliphatic heterocycles. The van der Waals surface area contributed by atoms with Crippen molar-refractivity contribution in [2.75, 3.05) is 13.1 Å². The maximum atomic E-state index is 7.49. The van der Waals surface area contributed by atoms with Crippen molar-refractivity contribution in [3.63, 3.8) is 0 Å². The molecule has 2 spiro atoms. The highest BCUT2D eigenvalue weighted by molar-refractivity contribution is 5.82. The Hall–Kier alpha value is -2.01. The zero-order valence-corrected chi connectivity index (χ0v) is 20.9. The molecule has 1 unspecified atom stereocenters. The van der Waals surface area contributed by atoms with E-state index >= 15 is 0 Å². The van der Waals surface area contributed by atoms with Crippen molar-refractivity contribution in [1.82, 2.24) is 9.88 Å². The Morgan fingerprint density at radius 3 is 2.89 bits per heavy atom. The Balaban J connectivity index is 1.14. The minimum Gasteiger partial charge on any atom is -0.359 e. The van der Waals surface area contributed by atoms with E-state index in [0.29, 0.717) is 23.9 Å². The van der Waals surface area contributed by atoms with Gasteiger partial charge in [-0.2, -0.15) is 0 Å². The van der Waals surface area contributed by atoms with Gasteiger partial charge in [-0.05, 0) is 103 Å². The third-order valence-electron chi connectivity index (χ3n) is 11.2. The minimum atomic E-state index is -0.0725. The number of benzene rings is 1. The molecule has 0 radical (unpaired) electrons. The molecule has 182 valence electrons. The second-order valence-corrected chi connectivity index (χ2v) is 12.8. The van der Waals surface area contributed by atoms with Crippen LogP contribution in [0.2, 0.25) is 0 Å². The fraction of sp³-hybridized carbons (Fsp3) is 0.581. The average Bonchev–Trinajstić information content (AvgIpc) is 3.36. The topological polar surface area (TPSA) is 51.4 Å². The molecule has 1 aromatic carbocycles. The van der Waals surface area contributed by atoms with Gasteiger partial charge in [0.15, 0.2) is 0 Å². The van der Waals surface area contributed by atoms with Crippen LogP contribution in [0.4, 0.5) is 0 Å². The lowest BCUT2D eigenvalue weighted by Gasteiger charge is -2.55. The van der Waals surface area contributed by atoms with E-state index in [4.69, 9.17) is 10.5 Å². The second kappa shape index (κ2) is 7.06. The standard InChI is InChI=1S/C31H37N3O/c1-29-10-8-24-15-23-4-5-26(34-18-25(32)19-34)16-30(23)11-12-31(24,35-30)28(29)7-6-27(29)21-3-2-20-9-13-33-17-22(20)14-21/h2-3,8-9,13-15,17,25-28H,4-7,10-12,16,18-19,32H2,1H3/t26-,27-,28-,29-,30?,31-/m1/s1. The Kier molecular flexibility index (Phi) is 4.26. The number of nitrogens with two attached hydrogens (primary N) is 1. The number of ether oxygens (including phenoxy) is 1. The van der Waals surface area contributed by atoms with E-state index in [1.54, 1.807) is 5.57 Å². The summed E-state index contributed by atoms with van der Waals surface area (Å²) in [6, 6.07) is 10.2. The van der Waals surface area contributed by atoms with Gasteiger partial charge in [-0.3, -0.25) is 9.88 Å². The van der Waals surface area contributed by atoms with E-state index in [9.17, 15) is 0 Å². The van der Waals surface area contributed by atoms with Crippen LogP contribution in [0.15, 0.2) is 60.0 Å². The molecule has 6 atom stereocenters. The van der Waals surface area contributed by atoms with Gasteiger partial charge >= 0.3 is 0 Å². The zero-order chi connectivity index (χ0) is 23.4. The number of fused-ring (bicyclic) bond motifs is 2. The van der Waals surface area contributed by atoms with Crippen molar-refractivity contribution in [2.24, 2.45) is 17.1 Å². The van der Waals surface area contributed by atoms with E-state index < -0.39 is 0 Å². The van der Waals surface area contributed by atoms with Crippen LogP contribution < -0.4 is 5.73 Å². The maximum Gasteiger partial charge on any atom is 0.0974 e. The molecule has 1 aromatic heterocycles. The van der Waals surface area contributed by atoms with Gasteiger partial charge in [-0.25, -0.2) is 0 Å². The normalized spacial score (nSPS) is 42.6. The van der Waals surface area contributed by atoms with E-state index in [2.05, 4.69) is 53.2 Å². The van der Waals surface area contributed by atoms with Gasteiger partial charge in [-0.1, -0.05) is 31.2 Å². The molecule has 4 fully saturated rings. The third kappa shape index (κ3) is 2.77. The number of likely N-dealkylation sites (tertiary alicyclic amines) is 1. The van der Waals surface area contributed by atoms with Gasteiger partial charge in [-0.15, -0.1) is 0 Å². The molecule has 2 saturated carbocycles. The number of aromatic nitrogens is 1. The summed E-state index contributed by atoms with van der Waals surface area (Å²) < 4.78 is 7.49. The summed E-state index contributed by atoms with van der Waals surface area (Å²) in [4.78, 5) is 7.01. The lowest BCUT2D eigenvalue weighted by molar-refractivity contribution is -0.143. The second-order valence-electron chi connectivity index (χ2n) is 12.8. The van der Waals surface area contributed by atoms with Crippen molar-refractivity contribution in [3.05, 3.63) is 65.5 Å². The van der Waals surface area contributed by atoms with Crippen LogP contribution in [0, 0.1) is 11.3 Å². The SMILES string of the molecule is C[C@]12CC=C3C=C4CC[C@@H](N5CC(N)C5)CC45CC[C@]3(O5)[C@@H]1CC[C@@H]2c1ccc2ccncc2c1. The summed E-state index contributed by atoms with van der Waals surface area (Å²) in [5, 5.41) is 2.55. The number of nitrogens with zero attached hydrogens (tertiary/aromatic N) is 2. The molecule has 2 N–H and O–H groups in total. The zero-order valence-electron chi connectivity index (χ0n) is 20.9. The first kappa shape index (κ1) is 21.1. The van der Waals surface area contributed by atoms with Crippen LogP contribution in [-0.4, -0.2) is 46.3 Å². The lowest BCUT2D eigenvalue weighted by Crippen LogP contribution is -2.62. The quantitative estimate of drug-likeness (QED) is 0.635. The number of pyridine rings is 1. The number of rotatable bonds is 2. The Bertz CT molecular complexity index is 1280. The van der Waals surface area contributed by atoms with Crippen LogP contribution >= 0.6 is 0 Å². The van der Waals surface area contributed by atoms with Crippen LogP contribution in [0.3, 0.4) is 0 Å². The number of allylic oxidation sites excluding steroid dienone is 1. The van der Waals surface area contributed by atoms with Crippen molar-refractivity contribution < 1.29 is 4.74 Å². The van der Waals surface area contributed by atoms with Crippen molar-refractivity contribution in [1.29, 1.82) is 0 Å². The summed E-state index contributed by atoms with van der Waals surface area (Å²) in [6.45, 7) is 4.71. The first-order chi connectivity index (χ1) is 17.0. The summed E-state index contributed by atoms with van der Waals surface area (Å²) >= 11 is 0. The minimum absolute atomic E-state index is 0.0229. The maximum absolute atomic E-state index is 7.49. The molecule has 4 nitrogen and oxygen atoms in total. The van der Waals surface area contributed by atoms with E-state index in [1.807, 2.05) is 12.4 Å². The molecule has 35 heavy (non-hydrogen) atoms. The van der Waals surface area contributed by atoms with Gasteiger partial charge in [0.05, 0.1) is 11.2 Å². The first-order valence-corrected chi connectivity index (χ1v) is 13.9. The number of hydrogen-bond donors (Lipinski definition) is 1. The highest BCUT2D eigenvalue weighted by Gasteiger charge is 2.66. The van der Waals surface area contributed by atoms with Crippen molar-refractivity contribution >= 4 is 10.8 Å². The molecule has 4 heterocycles. The average molecular weight is 468 g/mol. The van der Waals surface area contributed by atoms with E-state index in [0.717, 1.165) is 13.1 Å². The summed E-state index contributed by atoms with van der Waals surface area (Å²) in [5.74, 6) is 1.18. The molecule has 2 aromatic rings. The molecule has 3 aliphatic carbocycles. The molecule has 2 bridgehead atoms. The van der Waals surface area contributed by atoms with Crippen molar-refractivity contribution in [2.45, 2.75) is 87.5 Å². The molecule has 0 amide bonds. The Morgan fingerprint density at radius 2 is 2.00 bits per heavy atom. The first-order valence-electron chi connectivity index (χ1n) is 13.9. The largest absolute Gasteiger partial charge is 0.359 e. The van der Waals surface area contributed by atoms with E-state index in [1.165, 1.54) is 73.3 Å². The fourth-order valence-electron chi connectivity index (χ4n) is 9.41. The van der Waals surface area contributed by atoms with Gasteiger partial charge < -0.3 is 10.5 Å². The van der Waals surface area contributed by atoms with Crippen LogP contribution in [0.25, 0.3) is 10.8 Å². The molecule has 8 rings (SSSR count). The molecule has 2 saturated heterocycles. The van der Waals surface area contributed by atoms with Crippen LogP contribution in [-0.2, 0) is 4.74 Å². The Morgan fingerprint density at radius 1 is 1.09 bits per heavy atom. The highest BCUT2D eigenvalue weighted by atomic mass is 16.5. The molecule has 6 aliphatic rings. The Labute approximate surface area is 208 Å². The number of hydrogen-bond acceptors (Lipinski definition) is 4. The lowest BCUT2D eigenvalue weighted by atomic mass is 9.58. The monoisotopic (exact) mass is 467 g/mol. The van der Waals surface area contributed by atoms with Crippen LogP contribution in [0.5, 0.6) is 0 Å². The molecular formula is C31H37N3O. The van der Waals surface area contributed by atoms with Gasteiger partial charge in [0.2, 0.25) is 0 Å². The predicted molar refractivity (Wildman–Crippen MR) is 139 cm³/mol. The summed E-state index contributed by atoms with van der Waals surface area (Å²) in [5.41, 5.74) is 10.9. The highest BCUT2D eigenvalue weighted by Crippen LogP contribution is 2.69. The van der Waals surface area contributed by atoms with E-state index in [-0.39, 0.29) is 16.6 Å². The predicted octanol–water partition coefficient (Wildman–Crippen LogP) is 5.49. The van der Waals surface area contributed by atoms with Gasteiger partial charge in [0.25, 0.3) is 0 Å². The summed E-state index contributed by atoms with van der Waals surface area (Å²) in [7, 11) is 0. The summed E-state index contributed by atoms with van der Waals surface area (Å²) in [6.07, 6.45) is 18.8. The van der Waals surface area contributed by atoms with Crippen LogP contribution in [0.1, 0.15) is 69.8 Å². The smallest absolute Gasteiger partial charge is 0.0974 e. The van der Waals surface area contributed by atoms with Gasteiger partial charge in [0, 0.05) is 43.0 Å². The molecule has 4 heteroatoms.